The molecule has 2 heterocycles. The highest BCUT2D eigenvalue weighted by Gasteiger charge is 2.14. The normalized spacial score (nSPS) is 10.9. The van der Waals surface area contributed by atoms with Gasteiger partial charge in [-0.05, 0) is 43.7 Å². The molecule has 2 aromatic carbocycles. The molecule has 35 heavy (non-hydrogen) atoms. The zero-order valence-corrected chi connectivity index (χ0v) is 21.8. The van der Waals surface area contributed by atoms with Gasteiger partial charge in [0, 0.05) is 23.0 Å². The van der Waals surface area contributed by atoms with E-state index < -0.39 is 0 Å². The van der Waals surface area contributed by atoms with Gasteiger partial charge in [0.25, 0.3) is 0 Å². The quantitative estimate of drug-likeness (QED) is 0.267. The standard InChI is InChI=1S/C24H24ClN5O3S2/c1-4-32-20-11-15(2)5-10-19(20)33-12-21-28-29-24(30(21)3)35-14-22(31)27-23-26-18(13-34-23)16-6-8-17(25)9-7-16/h5-11,13H,4,12,14H2,1-3H3,(H,26,27,31). The van der Waals surface area contributed by atoms with Crippen LogP contribution in [0.4, 0.5) is 5.13 Å². The largest absolute Gasteiger partial charge is 0.490 e. The molecule has 4 rings (SSSR count). The second-order valence-electron chi connectivity index (χ2n) is 7.51. The summed E-state index contributed by atoms with van der Waals surface area (Å²) in [7, 11) is 1.84. The number of ether oxygens (including phenoxy) is 2. The molecule has 0 radical (unpaired) electrons. The first kappa shape index (κ1) is 25.0. The van der Waals surface area contributed by atoms with Crippen LogP contribution in [0, 0.1) is 6.92 Å². The van der Waals surface area contributed by atoms with E-state index in [0.717, 1.165) is 16.8 Å². The Morgan fingerprint density at radius 3 is 2.71 bits per heavy atom. The number of carbonyl (C=O) groups excluding carboxylic acids is 1. The van der Waals surface area contributed by atoms with Crippen LogP contribution in [0.15, 0.2) is 53.0 Å². The Morgan fingerprint density at radius 2 is 1.94 bits per heavy atom. The van der Waals surface area contributed by atoms with E-state index in [-0.39, 0.29) is 18.3 Å². The highest BCUT2D eigenvalue weighted by atomic mass is 35.5. The third-order valence-corrected chi connectivity index (χ3v) is 6.93. The molecule has 182 valence electrons. The van der Waals surface area contributed by atoms with Crippen LogP contribution >= 0.6 is 34.7 Å². The van der Waals surface area contributed by atoms with Crippen LogP contribution in [0.2, 0.25) is 5.02 Å². The number of amides is 1. The maximum absolute atomic E-state index is 12.5. The molecule has 0 saturated carbocycles. The molecule has 0 atom stereocenters. The van der Waals surface area contributed by atoms with Gasteiger partial charge in [0.2, 0.25) is 5.91 Å². The minimum absolute atomic E-state index is 0.172. The SMILES string of the molecule is CCOc1cc(C)ccc1OCc1nnc(SCC(=O)Nc2nc(-c3ccc(Cl)cc3)cs2)n1C. The molecular weight excluding hydrogens is 506 g/mol. The third-order valence-electron chi connectivity index (χ3n) is 4.90. The molecule has 8 nitrogen and oxygen atoms in total. The first-order valence-electron chi connectivity index (χ1n) is 10.8. The van der Waals surface area contributed by atoms with E-state index >= 15 is 0 Å². The molecule has 0 bridgehead atoms. The van der Waals surface area contributed by atoms with Gasteiger partial charge in [0.15, 0.2) is 27.6 Å². The van der Waals surface area contributed by atoms with Gasteiger partial charge in [-0.1, -0.05) is 41.6 Å². The predicted molar refractivity (Wildman–Crippen MR) is 140 cm³/mol. The smallest absolute Gasteiger partial charge is 0.236 e. The number of nitrogens with zero attached hydrogens (tertiary/aromatic N) is 4. The van der Waals surface area contributed by atoms with Crippen LogP contribution in [-0.2, 0) is 18.4 Å². The van der Waals surface area contributed by atoms with Crippen molar-refractivity contribution in [3.05, 3.63) is 64.3 Å². The van der Waals surface area contributed by atoms with E-state index in [1.165, 1.54) is 23.1 Å². The Morgan fingerprint density at radius 1 is 1.14 bits per heavy atom. The maximum Gasteiger partial charge on any atom is 0.236 e. The summed E-state index contributed by atoms with van der Waals surface area (Å²) in [6, 6.07) is 13.2. The number of aryl methyl sites for hydroxylation is 1. The van der Waals surface area contributed by atoms with Crippen molar-refractivity contribution >= 4 is 45.7 Å². The Bertz CT molecular complexity index is 1310. The molecule has 0 fully saturated rings. The highest BCUT2D eigenvalue weighted by molar-refractivity contribution is 7.99. The van der Waals surface area contributed by atoms with Crippen LogP contribution in [0.3, 0.4) is 0 Å². The Labute approximate surface area is 216 Å². The number of thioether (sulfide) groups is 1. The summed E-state index contributed by atoms with van der Waals surface area (Å²) in [6.45, 7) is 4.71. The number of thiazole rings is 1. The van der Waals surface area contributed by atoms with Crippen molar-refractivity contribution < 1.29 is 14.3 Å². The number of rotatable bonds is 10. The van der Waals surface area contributed by atoms with E-state index in [2.05, 4.69) is 20.5 Å². The molecule has 11 heteroatoms. The van der Waals surface area contributed by atoms with Crippen LogP contribution < -0.4 is 14.8 Å². The monoisotopic (exact) mass is 529 g/mol. The summed E-state index contributed by atoms with van der Waals surface area (Å²) in [4.78, 5) is 16.9. The first-order chi connectivity index (χ1) is 16.9. The van der Waals surface area contributed by atoms with E-state index in [1.807, 2.05) is 73.3 Å². The molecule has 2 aromatic heterocycles. The summed E-state index contributed by atoms with van der Waals surface area (Å²) in [5.41, 5.74) is 2.82. The van der Waals surface area contributed by atoms with Gasteiger partial charge in [-0.3, -0.25) is 4.79 Å². The average molecular weight is 530 g/mol. The fraction of sp³-hybridized carbons (Fsp3) is 0.250. The summed E-state index contributed by atoms with van der Waals surface area (Å²) >= 11 is 8.60. The van der Waals surface area contributed by atoms with E-state index in [1.54, 1.807) is 0 Å². The summed E-state index contributed by atoms with van der Waals surface area (Å²) in [5.74, 6) is 1.99. The average Bonchev–Trinajstić information content (AvgIpc) is 3.44. The molecule has 0 aliphatic heterocycles. The fourth-order valence-electron chi connectivity index (χ4n) is 3.11. The predicted octanol–water partition coefficient (Wildman–Crippen LogP) is 5.61. The van der Waals surface area contributed by atoms with Gasteiger partial charge in [-0.15, -0.1) is 21.5 Å². The van der Waals surface area contributed by atoms with E-state index in [0.29, 0.717) is 39.2 Å². The molecule has 0 spiro atoms. The number of nitrogens with one attached hydrogen (secondary N) is 1. The summed E-state index contributed by atoms with van der Waals surface area (Å²) in [5, 5.41) is 14.9. The molecule has 1 N–H and O–H groups in total. The van der Waals surface area contributed by atoms with Crippen molar-refractivity contribution in [3.63, 3.8) is 0 Å². The zero-order valence-electron chi connectivity index (χ0n) is 19.4. The molecule has 0 saturated heterocycles. The van der Waals surface area contributed by atoms with Gasteiger partial charge in [0.1, 0.15) is 6.61 Å². The van der Waals surface area contributed by atoms with Gasteiger partial charge in [-0.25, -0.2) is 4.98 Å². The minimum atomic E-state index is -0.172. The lowest BCUT2D eigenvalue weighted by Gasteiger charge is -2.12. The van der Waals surface area contributed by atoms with Crippen molar-refractivity contribution in [3.8, 4) is 22.8 Å². The van der Waals surface area contributed by atoms with E-state index in [9.17, 15) is 4.79 Å². The van der Waals surface area contributed by atoms with Gasteiger partial charge < -0.3 is 19.4 Å². The summed E-state index contributed by atoms with van der Waals surface area (Å²) < 4.78 is 13.4. The third kappa shape index (κ3) is 6.53. The second kappa shape index (κ2) is 11.6. The number of halogens is 1. The summed E-state index contributed by atoms with van der Waals surface area (Å²) in [6.07, 6.45) is 0. The number of benzene rings is 2. The van der Waals surface area contributed by atoms with Gasteiger partial charge in [-0.2, -0.15) is 0 Å². The molecule has 0 unspecified atom stereocenters. The lowest BCUT2D eigenvalue weighted by molar-refractivity contribution is -0.113. The lowest BCUT2D eigenvalue weighted by atomic mass is 10.2. The lowest BCUT2D eigenvalue weighted by Crippen LogP contribution is -2.14. The van der Waals surface area contributed by atoms with Crippen LogP contribution in [0.1, 0.15) is 18.3 Å². The topological polar surface area (TPSA) is 91.2 Å². The number of carbonyl (C=O) groups is 1. The van der Waals surface area contributed by atoms with Crippen molar-refractivity contribution in [1.29, 1.82) is 0 Å². The van der Waals surface area contributed by atoms with Crippen molar-refractivity contribution in [2.45, 2.75) is 25.6 Å². The number of hydrogen-bond acceptors (Lipinski definition) is 8. The van der Waals surface area contributed by atoms with Gasteiger partial charge >= 0.3 is 0 Å². The van der Waals surface area contributed by atoms with Crippen LogP contribution in [0.25, 0.3) is 11.3 Å². The maximum atomic E-state index is 12.5. The van der Waals surface area contributed by atoms with Crippen molar-refractivity contribution in [1.82, 2.24) is 19.7 Å². The zero-order chi connectivity index (χ0) is 24.8. The number of anilines is 1. The van der Waals surface area contributed by atoms with Gasteiger partial charge in [0.05, 0.1) is 18.1 Å². The van der Waals surface area contributed by atoms with Crippen molar-refractivity contribution in [2.75, 3.05) is 17.7 Å². The van der Waals surface area contributed by atoms with Crippen LogP contribution in [0.5, 0.6) is 11.5 Å². The number of aromatic nitrogens is 4. The fourth-order valence-corrected chi connectivity index (χ4v) is 4.70. The second-order valence-corrected chi connectivity index (χ2v) is 9.75. The molecule has 1 amide bonds. The minimum Gasteiger partial charge on any atom is -0.490 e. The Hall–Kier alpha value is -3.08. The van der Waals surface area contributed by atoms with E-state index in [4.69, 9.17) is 21.1 Å². The van der Waals surface area contributed by atoms with Crippen LogP contribution in [-0.4, -0.2) is 38.0 Å². The highest BCUT2D eigenvalue weighted by Crippen LogP contribution is 2.29. The molecule has 4 aromatic rings. The Balaban J connectivity index is 1.30. The molecule has 0 aliphatic rings. The first-order valence-corrected chi connectivity index (χ1v) is 13.1. The molecule has 0 aliphatic carbocycles. The Kier molecular flexibility index (Phi) is 8.27. The van der Waals surface area contributed by atoms with Crippen molar-refractivity contribution in [2.24, 2.45) is 7.05 Å². The molecular formula is C24H24ClN5O3S2. The number of hydrogen-bond donors (Lipinski definition) is 1.